The number of hydrogen-bond acceptors (Lipinski definition) is 4. The fourth-order valence-electron chi connectivity index (χ4n) is 2.00. The van der Waals surface area contributed by atoms with Gasteiger partial charge >= 0.3 is 0 Å². The smallest absolute Gasteiger partial charge is 0.269 e. The van der Waals surface area contributed by atoms with E-state index in [-0.39, 0.29) is 24.0 Å². The van der Waals surface area contributed by atoms with Crippen LogP contribution in [0.5, 0.6) is 0 Å². The maximum atomic E-state index is 12.0. The van der Waals surface area contributed by atoms with E-state index in [1.807, 2.05) is 32.0 Å². The topological polar surface area (TPSA) is 72.0 Å². The van der Waals surface area contributed by atoms with E-state index in [2.05, 4.69) is 15.3 Å². The number of aromatic nitrogens is 2. The van der Waals surface area contributed by atoms with Gasteiger partial charge in [0, 0.05) is 25.6 Å². The van der Waals surface area contributed by atoms with E-state index in [0.717, 1.165) is 5.56 Å². The summed E-state index contributed by atoms with van der Waals surface area (Å²) in [6, 6.07) is 8.89. The minimum absolute atomic E-state index is 0.0461. The molecule has 1 N–H and O–H groups in total. The van der Waals surface area contributed by atoms with Gasteiger partial charge in [0.25, 0.3) is 5.91 Å². The Morgan fingerprint density at radius 2 is 1.95 bits per heavy atom. The van der Waals surface area contributed by atoms with Crippen molar-refractivity contribution >= 4 is 11.7 Å². The van der Waals surface area contributed by atoms with Gasteiger partial charge in [0.2, 0.25) is 0 Å². The summed E-state index contributed by atoms with van der Waals surface area (Å²) in [4.78, 5) is 32.5. The molecule has 114 valence electrons. The first-order valence-electron chi connectivity index (χ1n) is 7.19. The molecule has 5 nitrogen and oxygen atoms in total. The van der Waals surface area contributed by atoms with Gasteiger partial charge in [-0.25, -0.2) is 4.98 Å². The highest BCUT2D eigenvalue weighted by Crippen LogP contribution is 2.21. The third-order valence-electron chi connectivity index (χ3n) is 3.35. The molecule has 2 heterocycles. The van der Waals surface area contributed by atoms with Gasteiger partial charge in [-0.2, -0.15) is 0 Å². The van der Waals surface area contributed by atoms with Crippen LogP contribution < -0.4 is 5.32 Å². The zero-order valence-corrected chi connectivity index (χ0v) is 13.0. The van der Waals surface area contributed by atoms with Gasteiger partial charge in [0.15, 0.2) is 0 Å². The summed E-state index contributed by atoms with van der Waals surface area (Å²) in [5, 5.41) is 2.55. The monoisotopic (exact) mass is 297 g/mol. The van der Waals surface area contributed by atoms with Gasteiger partial charge in [0.1, 0.15) is 11.5 Å². The first-order chi connectivity index (χ1) is 10.5. The molecule has 0 aliphatic heterocycles. The molecular weight excluding hydrogens is 278 g/mol. The predicted octanol–water partition coefficient (Wildman–Crippen LogP) is 2.27. The van der Waals surface area contributed by atoms with Crippen molar-refractivity contribution in [3.05, 3.63) is 47.8 Å². The van der Waals surface area contributed by atoms with Crippen molar-refractivity contribution in [2.45, 2.75) is 20.3 Å². The molecule has 0 saturated heterocycles. The van der Waals surface area contributed by atoms with Crippen LogP contribution in [0.2, 0.25) is 0 Å². The molecule has 0 atom stereocenters. The standard InChI is InChI=1S/C17H19N3O2/c1-11(2)15(21)10-12-7-8-14(17(22)18-3)20-16(12)13-6-4-5-9-19-13/h4-9,11H,10H2,1-3H3,(H,18,22). The van der Waals surface area contributed by atoms with Gasteiger partial charge < -0.3 is 5.32 Å². The van der Waals surface area contributed by atoms with E-state index in [1.165, 1.54) is 0 Å². The van der Waals surface area contributed by atoms with Gasteiger partial charge in [-0.05, 0) is 23.8 Å². The lowest BCUT2D eigenvalue weighted by molar-refractivity contribution is -0.121. The van der Waals surface area contributed by atoms with E-state index in [4.69, 9.17) is 0 Å². The number of nitrogens with one attached hydrogen (secondary N) is 1. The summed E-state index contributed by atoms with van der Waals surface area (Å²) >= 11 is 0. The minimum atomic E-state index is -0.265. The maximum Gasteiger partial charge on any atom is 0.269 e. The second-order valence-electron chi connectivity index (χ2n) is 5.30. The van der Waals surface area contributed by atoms with Crippen LogP contribution >= 0.6 is 0 Å². The molecule has 0 aromatic carbocycles. The molecule has 0 radical (unpaired) electrons. The highest BCUT2D eigenvalue weighted by atomic mass is 16.1. The summed E-state index contributed by atoms with van der Waals surface area (Å²) in [6.07, 6.45) is 1.95. The SMILES string of the molecule is CNC(=O)c1ccc(CC(=O)C(C)C)c(-c2ccccn2)n1. The predicted molar refractivity (Wildman–Crippen MR) is 84.4 cm³/mol. The van der Waals surface area contributed by atoms with E-state index >= 15 is 0 Å². The normalized spacial score (nSPS) is 10.5. The van der Waals surface area contributed by atoms with Crippen LogP contribution in [0.1, 0.15) is 29.9 Å². The third-order valence-corrected chi connectivity index (χ3v) is 3.35. The van der Waals surface area contributed by atoms with Gasteiger partial charge in [-0.15, -0.1) is 0 Å². The van der Waals surface area contributed by atoms with Gasteiger partial charge in [-0.3, -0.25) is 14.6 Å². The fraction of sp³-hybridized carbons (Fsp3) is 0.294. The molecule has 0 unspecified atom stereocenters. The van der Waals surface area contributed by atoms with E-state index in [9.17, 15) is 9.59 Å². The Morgan fingerprint density at radius 3 is 2.55 bits per heavy atom. The largest absolute Gasteiger partial charge is 0.354 e. The molecule has 0 aliphatic carbocycles. The fourth-order valence-corrected chi connectivity index (χ4v) is 2.00. The number of Topliss-reactive ketones (excluding diaryl/α,β-unsaturated/α-hetero) is 1. The van der Waals surface area contributed by atoms with Gasteiger partial charge in [-0.1, -0.05) is 26.0 Å². The summed E-state index contributed by atoms with van der Waals surface area (Å²) in [7, 11) is 1.56. The van der Waals surface area contributed by atoms with Crippen LogP contribution in [-0.4, -0.2) is 28.7 Å². The molecule has 5 heteroatoms. The van der Waals surface area contributed by atoms with Crippen LogP contribution in [0.3, 0.4) is 0 Å². The van der Waals surface area contributed by atoms with E-state index < -0.39 is 0 Å². The van der Waals surface area contributed by atoms with Crippen molar-refractivity contribution in [3.63, 3.8) is 0 Å². The number of carbonyl (C=O) groups is 2. The number of amides is 1. The first-order valence-corrected chi connectivity index (χ1v) is 7.19. The molecule has 0 aliphatic rings. The molecule has 2 rings (SSSR count). The van der Waals surface area contributed by atoms with Crippen molar-refractivity contribution in [1.82, 2.24) is 15.3 Å². The highest BCUT2D eigenvalue weighted by Gasteiger charge is 2.16. The molecule has 22 heavy (non-hydrogen) atoms. The average molecular weight is 297 g/mol. The third kappa shape index (κ3) is 3.55. The van der Waals surface area contributed by atoms with Crippen LogP contribution in [-0.2, 0) is 11.2 Å². The van der Waals surface area contributed by atoms with E-state index in [0.29, 0.717) is 17.1 Å². The lowest BCUT2D eigenvalue weighted by Gasteiger charge is -2.11. The number of carbonyl (C=O) groups excluding carboxylic acids is 2. The van der Waals surface area contributed by atoms with Crippen LogP contribution in [0, 0.1) is 5.92 Å². The molecule has 2 aromatic rings. The molecule has 1 amide bonds. The Kier molecular flexibility index (Phi) is 4.99. The summed E-state index contributed by atoms with van der Waals surface area (Å²) in [5.41, 5.74) is 2.32. The molecule has 0 spiro atoms. The second kappa shape index (κ2) is 6.93. The van der Waals surface area contributed by atoms with Crippen molar-refractivity contribution in [2.75, 3.05) is 7.05 Å². The van der Waals surface area contributed by atoms with Gasteiger partial charge in [0.05, 0.1) is 11.4 Å². The first kappa shape index (κ1) is 15.8. The zero-order chi connectivity index (χ0) is 16.1. The van der Waals surface area contributed by atoms with Crippen LogP contribution in [0.4, 0.5) is 0 Å². The van der Waals surface area contributed by atoms with E-state index in [1.54, 1.807) is 25.4 Å². The molecule has 0 fully saturated rings. The Hall–Kier alpha value is -2.56. The van der Waals surface area contributed by atoms with Crippen molar-refractivity contribution < 1.29 is 9.59 Å². The van der Waals surface area contributed by atoms with Crippen molar-refractivity contribution in [1.29, 1.82) is 0 Å². The average Bonchev–Trinajstić information content (AvgIpc) is 2.55. The quantitative estimate of drug-likeness (QED) is 0.919. The Balaban J connectivity index is 2.49. The molecule has 2 aromatic heterocycles. The molecule has 0 saturated carbocycles. The summed E-state index contributed by atoms with van der Waals surface area (Å²) < 4.78 is 0. The van der Waals surface area contributed by atoms with Crippen LogP contribution in [0.25, 0.3) is 11.4 Å². The highest BCUT2D eigenvalue weighted by molar-refractivity contribution is 5.93. The lowest BCUT2D eigenvalue weighted by Crippen LogP contribution is -2.20. The number of nitrogens with zero attached hydrogens (tertiary/aromatic N) is 2. The summed E-state index contributed by atoms with van der Waals surface area (Å²) in [5.74, 6) is -0.180. The molecular formula is C17H19N3O2. The Morgan fingerprint density at radius 1 is 1.18 bits per heavy atom. The van der Waals surface area contributed by atoms with Crippen LogP contribution in [0.15, 0.2) is 36.5 Å². The number of pyridine rings is 2. The number of hydrogen-bond donors (Lipinski definition) is 1. The second-order valence-corrected chi connectivity index (χ2v) is 5.30. The number of ketones is 1. The molecule has 0 bridgehead atoms. The minimum Gasteiger partial charge on any atom is -0.354 e. The summed E-state index contributed by atoms with van der Waals surface area (Å²) in [6.45, 7) is 3.74. The van der Waals surface area contributed by atoms with Crippen molar-refractivity contribution in [3.8, 4) is 11.4 Å². The zero-order valence-electron chi connectivity index (χ0n) is 13.0. The Bertz CT molecular complexity index is 682. The maximum absolute atomic E-state index is 12.0. The van der Waals surface area contributed by atoms with Crippen molar-refractivity contribution in [2.24, 2.45) is 5.92 Å². The lowest BCUT2D eigenvalue weighted by atomic mass is 9.98. The number of rotatable bonds is 5. The Labute approximate surface area is 129 Å².